The van der Waals surface area contributed by atoms with E-state index in [0.29, 0.717) is 17.3 Å². The minimum Gasteiger partial charge on any atom is -0.389 e. The Hall–Kier alpha value is -0.890. The molecule has 1 spiro atoms. The van der Waals surface area contributed by atoms with Crippen molar-refractivity contribution < 1.29 is 9.90 Å². The van der Waals surface area contributed by atoms with E-state index < -0.39 is 6.10 Å². The summed E-state index contributed by atoms with van der Waals surface area (Å²) in [5.41, 5.74) is 1.59. The molecule has 1 N–H and O–H groups in total. The SMILES string of the molecule is C[C@@]12CCC3[C@H]4C[C@@H](O)C5=CC(=O)C=C[C@@]53CCC1CC[C@@H]42. The van der Waals surface area contributed by atoms with E-state index in [-0.39, 0.29) is 11.2 Å². The molecule has 6 aliphatic carbocycles. The summed E-state index contributed by atoms with van der Waals surface area (Å²) in [6.07, 6.45) is 14.1. The summed E-state index contributed by atoms with van der Waals surface area (Å²) in [5.74, 6) is 3.05. The van der Waals surface area contributed by atoms with Gasteiger partial charge in [-0.3, -0.25) is 4.79 Å². The van der Waals surface area contributed by atoms with Crippen LogP contribution in [0.1, 0.15) is 51.9 Å². The molecular formula is C20H26O2. The van der Waals surface area contributed by atoms with Crippen molar-refractivity contribution in [3.63, 3.8) is 0 Å². The monoisotopic (exact) mass is 298 g/mol. The zero-order chi connectivity index (χ0) is 15.1. The first-order valence-corrected chi connectivity index (χ1v) is 9.18. The smallest absolute Gasteiger partial charge is 0.178 e. The number of ketones is 1. The zero-order valence-electron chi connectivity index (χ0n) is 13.4. The first-order valence-electron chi connectivity index (χ1n) is 9.18. The molecule has 0 radical (unpaired) electrons. The lowest BCUT2D eigenvalue weighted by molar-refractivity contribution is -0.112. The standard InChI is InChI=1S/C20H26O2/c1-19-7-6-16-14-11-18(22)17-10-13(21)5-9-20(16,17)8-4-12(19)2-3-15(14)19/h5,9-10,12,14-16,18,22H,2-4,6-8,11H2,1H3/t12?,14-,15-,16?,18+,19+,20+/m0/s1. The molecule has 0 saturated heterocycles. The van der Waals surface area contributed by atoms with Crippen LogP contribution >= 0.6 is 0 Å². The van der Waals surface area contributed by atoms with Crippen LogP contribution in [0.15, 0.2) is 23.8 Å². The van der Waals surface area contributed by atoms with Crippen molar-refractivity contribution in [2.45, 2.75) is 58.0 Å². The van der Waals surface area contributed by atoms with Gasteiger partial charge in [-0.25, -0.2) is 0 Å². The molecule has 2 unspecified atom stereocenters. The van der Waals surface area contributed by atoms with Gasteiger partial charge in [0.05, 0.1) is 6.10 Å². The predicted molar refractivity (Wildman–Crippen MR) is 85.1 cm³/mol. The fourth-order valence-corrected chi connectivity index (χ4v) is 7.46. The molecular weight excluding hydrogens is 272 g/mol. The molecule has 0 aromatic carbocycles. The maximum absolute atomic E-state index is 11.9. The summed E-state index contributed by atoms with van der Waals surface area (Å²) in [6.45, 7) is 2.54. The van der Waals surface area contributed by atoms with Gasteiger partial charge >= 0.3 is 0 Å². The van der Waals surface area contributed by atoms with E-state index in [1.54, 1.807) is 12.2 Å². The highest BCUT2D eigenvalue weighted by Crippen LogP contribution is 2.70. The molecule has 0 aromatic rings. The van der Waals surface area contributed by atoms with Crippen LogP contribution in [-0.4, -0.2) is 17.0 Å². The lowest BCUT2D eigenvalue weighted by Crippen LogP contribution is -2.55. The van der Waals surface area contributed by atoms with Gasteiger partial charge in [0, 0.05) is 5.41 Å². The Morgan fingerprint density at radius 3 is 2.86 bits per heavy atom. The molecule has 22 heavy (non-hydrogen) atoms. The van der Waals surface area contributed by atoms with Crippen molar-refractivity contribution in [3.8, 4) is 0 Å². The van der Waals surface area contributed by atoms with Crippen molar-refractivity contribution >= 4 is 5.78 Å². The number of hydrogen-bond acceptors (Lipinski definition) is 2. The third-order valence-corrected chi connectivity index (χ3v) is 8.44. The second kappa shape index (κ2) is 4.14. The van der Waals surface area contributed by atoms with Crippen LogP contribution in [0.4, 0.5) is 0 Å². The van der Waals surface area contributed by atoms with Crippen LogP contribution in [0.25, 0.3) is 0 Å². The Morgan fingerprint density at radius 1 is 1.14 bits per heavy atom. The zero-order valence-corrected chi connectivity index (χ0v) is 13.4. The van der Waals surface area contributed by atoms with Crippen LogP contribution in [0.5, 0.6) is 0 Å². The van der Waals surface area contributed by atoms with E-state index >= 15 is 0 Å². The lowest BCUT2D eigenvalue weighted by atomic mass is 9.43. The molecule has 6 bridgehead atoms. The normalized spacial score (nSPS) is 55.5. The summed E-state index contributed by atoms with van der Waals surface area (Å²) in [7, 11) is 0. The van der Waals surface area contributed by atoms with E-state index in [4.69, 9.17) is 0 Å². The third kappa shape index (κ3) is 1.43. The predicted octanol–water partition coefficient (Wildman–Crippen LogP) is 3.66. The second-order valence-electron chi connectivity index (χ2n) is 8.86. The van der Waals surface area contributed by atoms with E-state index in [0.717, 1.165) is 30.3 Å². The summed E-state index contributed by atoms with van der Waals surface area (Å²) in [6, 6.07) is 0. The molecule has 0 aromatic heterocycles. The minimum absolute atomic E-state index is 0.00116. The van der Waals surface area contributed by atoms with Crippen LogP contribution in [0.2, 0.25) is 0 Å². The van der Waals surface area contributed by atoms with Gasteiger partial charge in [-0.1, -0.05) is 13.0 Å². The highest BCUT2D eigenvalue weighted by molar-refractivity contribution is 6.01. The Morgan fingerprint density at radius 2 is 2.00 bits per heavy atom. The Kier molecular flexibility index (Phi) is 2.55. The van der Waals surface area contributed by atoms with Crippen LogP contribution in [0, 0.1) is 34.5 Å². The fourth-order valence-electron chi connectivity index (χ4n) is 7.46. The topological polar surface area (TPSA) is 37.3 Å². The molecule has 0 heterocycles. The molecule has 7 atom stereocenters. The van der Waals surface area contributed by atoms with E-state index in [1.165, 1.54) is 32.1 Å². The lowest BCUT2D eigenvalue weighted by Gasteiger charge is -2.61. The van der Waals surface area contributed by atoms with E-state index in [2.05, 4.69) is 13.0 Å². The van der Waals surface area contributed by atoms with Gasteiger partial charge in [0.1, 0.15) is 0 Å². The maximum Gasteiger partial charge on any atom is 0.178 e. The van der Waals surface area contributed by atoms with Gasteiger partial charge in [0.2, 0.25) is 0 Å². The minimum atomic E-state index is -0.394. The number of aliphatic hydroxyl groups excluding tert-OH is 1. The van der Waals surface area contributed by atoms with Gasteiger partial charge in [-0.15, -0.1) is 0 Å². The molecule has 2 nitrogen and oxygen atoms in total. The number of hydrogen-bond donors (Lipinski definition) is 1. The largest absolute Gasteiger partial charge is 0.389 e. The van der Waals surface area contributed by atoms with Gasteiger partial charge in [-0.05, 0) is 91.8 Å². The molecule has 5 fully saturated rings. The summed E-state index contributed by atoms with van der Waals surface area (Å²) in [4.78, 5) is 11.9. The number of allylic oxidation sites excluding steroid dienone is 3. The van der Waals surface area contributed by atoms with Gasteiger partial charge in [0.15, 0.2) is 5.78 Å². The first kappa shape index (κ1) is 13.5. The van der Waals surface area contributed by atoms with Crippen molar-refractivity contribution in [2.75, 3.05) is 0 Å². The van der Waals surface area contributed by atoms with Crippen LogP contribution in [0.3, 0.4) is 0 Å². The van der Waals surface area contributed by atoms with Crippen molar-refractivity contribution in [1.82, 2.24) is 0 Å². The Labute approximate surface area is 132 Å². The third-order valence-electron chi connectivity index (χ3n) is 8.44. The second-order valence-corrected chi connectivity index (χ2v) is 8.86. The summed E-state index contributed by atoms with van der Waals surface area (Å²) >= 11 is 0. The van der Waals surface area contributed by atoms with Gasteiger partial charge < -0.3 is 5.11 Å². The summed E-state index contributed by atoms with van der Waals surface area (Å²) in [5, 5.41) is 10.8. The number of fused-ring (bicyclic) bond motifs is 2. The van der Waals surface area contributed by atoms with E-state index in [1.807, 2.05) is 0 Å². The van der Waals surface area contributed by atoms with Crippen LogP contribution in [-0.2, 0) is 4.79 Å². The number of rotatable bonds is 0. The van der Waals surface area contributed by atoms with Crippen molar-refractivity contribution in [2.24, 2.45) is 34.5 Å². The highest BCUT2D eigenvalue weighted by atomic mass is 16.3. The van der Waals surface area contributed by atoms with Gasteiger partial charge in [0.25, 0.3) is 0 Å². The molecule has 2 heteroatoms. The Bertz CT molecular complexity index is 603. The van der Waals surface area contributed by atoms with Crippen molar-refractivity contribution in [1.29, 1.82) is 0 Å². The molecule has 5 saturated carbocycles. The van der Waals surface area contributed by atoms with Gasteiger partial charge in [-0.2, -0.15) is 0 Å². The van der Waals surface area contributed by atoms with Crippen LogP contribution < -0.4 is 0 Å². The molecule has 6 rings (SSSR count). The number of carbonyl (C=O) groups excluding carboxylic acids is 1. The molecule has 0 aliphatic heterocycles. The average molecular weight is 298 g/mol. The van der Waals surface area contributed by atoms with E-state index in [9.17, 15) is 9.90 Å². The quantitative estimate of drug-likeness (QED) is 0.741. The molecule has 0 amide bonds. The summed E-state index contributed by atoms with van der Waals surface area (Å²) < 4.78 is 0. The maximum atomic E-state index is 11.9. The highest BCUT2D eigenvalue weighted by Gasteiger charge is 2.62. The molecule has 6 aliphatic rings. The first-order chi connectivity index (χ1) is 10.5. The fraction of sp³-hybridized carbons (Fsp3) is 0.750. The number of carbonyl (C=O) groups is 1. The molecule has 118 valence electrons. The number of aliphatic hydroxyl groups is 1. The van der Waals surface area contributed by atoms with Crippen molar-refractivity contribution in [3.05, 3.63) is 23.8 Å². The average Bonchev–Trinajstić information content (AvgIpc) is 2.83. The Balaban J connectivity index is 1.69.